The van der Waals surface area contributed by atoms with Gasteiger partial charge in [-0.2, -0.15) is 0 Å². The number of halogens is 1. The topological polar surface area (TPSA) is 29.5 Å². The minimum absolute atomic E-state index is 0.0467. The summed E-state index contributed by atoms with van der Waals surface area (Å²) in [7, 11) is 0. The van der Waals surface area contributed by atoms with Crippen LogP contribution in [0.25, 0.3) is 0 Å². The van der Waals surface area contributed by atoms with E-state index in [1.807, 2.05) is 24.3 Å². The summed E-state index contributed by atoms with van der Waals surface area (Å²) in [6.45, 7) is 7.95. The van der Waals surface area contributed by atoms with E-state index in [0.29, 0.717) is 18.0 Å². The number of hydrogen-bond donors (Lipinski definition) is 0. The Bertz CT molecular complexity index is 563. The normalized spacial score (nSPS) is 14.3. The molecule has 0 bridgehead atoms. The molecule has 0 saturated heterocycles. The lowest BCUT2D eigenvalue weighted by Crippen LogP contribution is -2.30. The van der Waals surface area contributed by atoms with Gasteiger partial charge in [-0.1, -0.05) is 47.3 Å². The summed E-state index contributed by atoms with van der Waals surface area (Å²) < 4.78 is 5.82. The fraction of sp³-hybridized carbons (Fsp3) is 0.133. The number of allylic oxidation sites excluding steroid dienone is 2. The molecular weight excluding hydrogens is 306 g/mol. The minimum Gasteiger partial charge on any atom is -0.455 e. The van der Waals surface area contributed by atoms with E-state index < -0.39 is 0 Å². The molecule has 0 saturated carbocycles. The van der Waals surface area contributed by atoms with Crippen LogP contribution in [0.1, 0.15) is 5.56 Å². The molecule has 1 amide bonds. The van der Waals surface area contributed by atoms with Gasteiger partial charge in [-0.15, -0.1) is 0 Å². The van der Waals surface area contributed by atoms with E-state index in [9.17, 15) is 4.79 Å². The van der Waals surface area contributed by atoms with E-state index in [2.05, 4.69) is 29.1 Å². The van der Waals surface area contributed by atoms with Gasteiger partial charge < -0.3 is 9.64 Å². The Morgan fingerprint density at radius 1 is 1.37 bits per heavy atom. The van der Waals surface area contributed by atoms with Gasteiger partial charge in [0.1, 0.15) is 5.75 Å². The molecule has 0 atom stereocenters. The van der Waals surface area contributed by atoms with Crippen molar-refractivity contribution >= 4 is 21.8 Å². The van der Waals surface area contributed by atoms with Crippen LogP contribution in [-0.2, 0) is 11.3 Å². The molecule has 1 aromatic rings. The van der Waals surface area contributed by atoms with Crippen molar-refractivity contribution in [3.63, 3.8) is 0 Å². The molecule has 0 radical (unpaired) electrons. The molecule has 0 aliphatic carbocycles. The second-order valence-corrected chi connectivity index (χ2v) is 4.54. The summed E-state index contributed by atoms with van der Waals surface area (Å²) in [5.74, 6) is 1.23. The van der Waals surface area contributed by atoms with Gasteiger partial charge in [0.05, 0.1) is 17.6 Å². The van der Waals surface area contributed by atoms with Crippen LogP contribution in [0, 0.1) is 0 Å². The molecule has 98 valence electrons. The zero-order valence-corrected chi connectivity index (χ0v) is 12.0. The first-order chi connectivity index (χ1) is 9.21. The summed E-state index contributed by atoms with van der Waals surface area (Å²) in [5.41, 5.74) is 1.59. The highest BCUT2D eigenvalue weighted by atomic mass is 79.9. The predicted octanol–water partition coefficient (Wildman–Crippen LogP) is 3.39. The number of benzene rings is 1. The first-order valence-corrected chi connectivity index (χ1v) is 6.94. The fourth-order valence-electron chi connectivity index (χ4n) is 1.94. The monoisotopic (exact) mass is 319 g/mol. The SMILES string of the molecule is C=CC1=C(C=C)N(C(=O)CBr)Cc2ccccc2O1. The van der Waals surface area contributed by atoms with E-state index >= 15 is 0 Å². The highest BCUT2D eigenvalue weighted by molar-refractivity contribution is 9.09. The molecule has 0 N–H and O–H groups in total. The van der Waals surface area contributed by atoms with Gasteiger partial charge in [0.2, 0.25) is 5.91 Å². The van der Waals surface area contributed by atoms with E-state index in [4.69, 9.17) is 4.74 Å². The van der Waals surface area contributed by atoms with Crippen LogP contribution in [0.3, 0.4) is 0 Å². The molecule has 0 unspecified atom stereocenters. The summed E-state index contributed by atoms with van der Waals surface area (Å²) in [4.78, 5) is 13.7. The number of ether oxygens (including phenoxy) is 1. The molecule has 1 aliphatic heterocycles. The van der Waals surface area contributed by atoms with Crippen molar-refractivity contribution in [2.75, 3.05) is 5.33 Å². The second kappa shape index (κ2) is 5.89. The fourth-order valence-corrected chi connectivity index (χ4v) is 2.25. The molecule has 2 rings (SSSR count). The first-order valence-electron chi connectivity index (χ1n) is 5.82. The molecule has 0 fully saturated rings. The van der Waals surface area contributed by atoms with Crippen LogP contribution in [-0.4, -0.2) is 16.1 Å². The minimum atomic E-state index is -0.0467. The highest BCUT2D eigenvalue weighted by Gasteiger charge is 2.24. The third kappa shape index (κ3) is 2.63. The van der Waals surface area contributed by atoms with Crippen molar-refractivity contribution in [1.82, 2.24) is 4.90 Å². The maximum Gasteiger partial charge on any atom is 0.238 e. The number of hydrogen-bond acceptors (Lipinski definition) is 2. The molecule has 1 aliphatic rings. The number of carbonyl (C=O) groups is 1. The number of amides is 1. The zero-order valence-electron chi connectivity index (χ0n) is 10.4. The number of fused-ring (bicyclic) bond motifs is 1. The Morgan fingerprint density at radius 3 is 2.74 bits per heavy atom. The van der Waals surface area contributed by atoms with Crippen molar-refractivity contribution in [3.8, 4) is 5.75 Å². The van der Waals surface area contributed by atoms with Crippen molar-refractivity contribution in [2.45, 2.75) is 6.54 Å². The molecule has 19 heavy (non-hydrogen) atoms. The third-order valence-electron chi connectivity index (χ3n) is 2.86. The molecule has 1 heterocycles. The Hall–Kier alpha value is -1.81. The van der Waals surface area contributed by atoms with Crippen LogP contribution in [0.2, 0.25) is 0 Å². The average molecular weight is 320 g/mol. The lowest BCUT2D eigenvalue weighted by Gasteiger charge is -2.21. The van der Waals surface area contributed by atoms with Gasteiger partial charge in [0.15, 0.2) is 5.76 Å². The van der Waals surface area contributed by atoms with Crippen LogP contribution >= 0.6 is 15.9 Å². The lowest BCUT2D eigenvalue weighted by atomic mass is 10.2. The Balaban J connectivity index is 2.55. The standard InChI is InChI=1S/C15H14BrNO2/c1-3-12-13(4-2)19-14-8-6-5-7-11(14)10-17(12)15(18)9-16/h3-8H,1-2,9-10H2. The maximum atomic E-state index is 12.1. The number of rotatable bonds is 3. The summed E-state index contributed by atoms with van der Waals surface area (Å²) >= 11 is 3.20. The molecule has 0 spiro atoms. The van der Waals surface area contributed by atoms with Gasteiger partial charge in [-0.05, 0) is 18.2 Å². The third-order valence-corrected chi connectivity index (χ3v) is 3.34. The van der Waals surface area contributed by atoms with Crippen molar-refractivity contribution in [1.29, 1.82) is 0 Å². The molecule has 3 nitrogen and oxygen atoms in total. The quantitative estimate of drug-likeness (QED) is 0.799. The van der Waals surface area contributed by atoms with E-state index in [1.165, 1.54) is 0 Å². The number of alkyl halides is 1. The first kappa shape index (κ1) is 13.6. The van der Waals surface area contributed by atoms with Crippen molar-refractivity contribution in [3.05, 3.63) is 66.6 Å². The smallest absolute Gasteiger partial charge is 0.238 e. The summed E-state index contributed by atoms with van der Waals surface area (Å²) in [6.07, 6.45) is 3.21. The van der Waals surface area contributed by atoms with Crippen LogP contribution in [0.5, 0.6) is 5.75 Å². The largest absolute Gasteiger partial charge is 0.455 e. The van der Waals surface area contributed by atoms with E-state index in [0.717, 1.165) is 11.3 Å². The van der Waals surface area contributed by atoms with Crippen LogP contribution in [0.4, 0.5) is 0 Å². The Morgan fingerprint density at radius 2 is 2.11 bits per heavy atom. The molecule has 0 aromatic heterocycles. The summed E-state index contributed by atoms with van der Waals surface area (Å²) in [5, 5.41) is 0.247. The Labute approximate surface area is 121 Å². The average Bonchev–Trinajstić information content (AvgIpc) is 2.62. The van der Waals surface area contributed by atoms with Gasteiger partial charge in [-0.3, -0.25) is 4.79 Å². The van der Waals surface area contributed by atoms with Gasteiger partial charge >= 0.3 is 0 Å². The van der Waals surface area contributed by atoms with Gasteiger partial charge in [0, 0.05) is 5.56 Å². The lowest BCUT2D eigenvalue weighted by molar-refractivity contribution is -0.126. The van der Waals surface area contributed by atoms with Gasteiger partial charge in [0.25, 0.3) is 0 Å². The van der Waals surface area contributed by atoms with E-state index in [1.54, 1.807) is 17.1 Å². The molecule has 4 heteroatoms. The molecular formula is C15H14BrNO2. The second-order valence-electron chi connectivity index (χ2n) is 3.98. The Kier molecular flexibility index (Phi) is 4.22. The van der Waals surface area contributed by atoms with Gasteiger partial charge in [-0.25, -0.2) is 0 Å². The highest BCUT2D eigenvalue weighted by Crippen LogP contribution is 2.30. The number of carbonyl (C=O) groups excluding carboxylic acids is 1. The number of para-hydroxylation sites is 1. The maximum absolute atomic E-state index is 12.1. The summed E-state index contributed by atoms with van der Waals surface area (Å²) in [6, 6.07) is 7.64. The zero-order chi connectivity index (χ0) is 13.8. The van der Waals surface area contributed by atoms with Crippen molar-refractivity contribution < 1.29 is 9.53 Å². The predicted molar refractivity (Wildman–Crippen MR) is 78.8 cm³/mol. The number of nitrogens with zero attached hydrogens (tertiary/aromatic N) is 1. The van der Waals surface area contributed by atoms with Crippen LogP contribution < -0.4 is 4.74 Å². The van der Waals surface area contributed by atoms with Crippen LogP contribution in [0.15, 0.2) is 61.0 Å². The molecule has 1 aromatic carbocycles. The van der Waals surface area contributed by atoms with Crippen molar-refractivity contribution in [2.24, 2.45) is 0 Å². The van der Waals surface area contributed by atoms with E-state index in [-0.39, 0.29) is 11.2 Å².